The lowest BCUT2D eigenvalue weighted by Gasteiger charge is -2.19. The van der Waals surface area contributed by atoms with Crippen LogP contribution in [0.2, 0.25) is 0 Å². The zero-order chi connectivity index (χ0) is 17.1. The molecular weight excluding hydrogens is 284 g/mol. The number of unbranched alkanes of at least 4 members (excludes halogenated alkanes) is 2. The van der Waals surface area contributed by atoms with Crippen LogP contribution in [0.25, 0.3) is 0 Å². The summed E-state index contributed by atoms with van der Waals surface area (Å²) in [7, 11) is 6.03. The third-order valence-corrected chi connectivity index (χ3v) is 3.90. The summed E-state index contributed by atoms with van der Waals surface area (Å²) < 4.78 is 0. The van der Waals surface area contributed by atoms with Crippen molar-refractivity contribution >= 4 is 5.96 Å². The average molecular weight is 319 g/mol. The molecule has 0 fully saturated rings. The van der Waals surface area contributed by atoms with Gasteiger partial charge in [0.1, 0.15) is 0 Å². The van der Waals surface area contributed by atoms with Crippen molar-refractivity contribution in [3.8, 4) is 0 Å². The van der Waals surface area contributed by atoms with E-state index in [2.05, 4.69) is 72.7 Å². The van der Waals surface area contributed by atoms with Gasteiger partial charge in [0.2, 0.25) is 0 Å². The molecule has 1 unspecified atom stereocenters. The molecule has 4 heteroatoms. The second-order valence-corrected chi connectivity index (χ2v) is 6.47. The lowest BCUT2D eigenvalue weighted by atomic mass is 10.1. The van der Waals surface area contributed by atoms with E-state index in [1.54, 1.807) is 0 Å². The van der Waals surface area contributed by atoms with Crippen molar-refractivity contribution in [2.24, 2.45) is 4.99 Å². The van der Waals surface area contributed by atoms with Gasteiger partial charge in [-0.1, -0.05) is 50.5 Å². The molecule has 0 aliphatic carbocycles. The molecule has 0 saturated heterocycles. The summed E-state index contributed by atoms with van der Waals surface area (Å²) in [4.78, 5) is 6.54. The highest BCUT2D eigenvalue weighted by atomic mass is 15.2. The van der Waals surface area contributed by atoms with Crippen LogP contribution in [-0.2, 0) is 13.1 Å². The second-order valence-electron chi connectivity index (χ2n) is 6.47. The Labute approximate surface area is 142 Å². The molecule has 1 aromatic rings. The molecule has 23 heavy (non-hydrogen) atoms. The molecule has 2 N–H and O–H groups in total. The van der Waals surface area contributed by atoms with Crippen LogP contribution in [0.1, 0.15) is 50.7 Å². The standard InChI is InChI=1S/C19H34N4/c1-6-7-8-11-16(2)22-19(20-3)21-14-17-12-9-10-13-18(17)15-23(4)5/h9-10,12-13,16H,6-8,11,14-15H2,1-5H3,(H2,20,21,22). The van der Waals surface area contributed by atoms with E-state index in [0.717, 1.165) is 19.0 Å². The quantitative estimate of drug-likeness (QED) is 0.416. The van der Waals surface area contributed by atoms with Crippen molar-refractivity contribution < 1.29 is 0 Å². The number of aliphatic imine (C=N–C) groups is 1. The van der Waals surface area contributed by atoms with Crippen LogP contribution < -0.4 is 10.6 Å². The van der Waals surface area contributed by atoms with Crippen LogP contribution >= 0.6 is 0 Å². The molecule has 0 heterocycles. The maximum Gasteiger partial charge on any atom is 0.191 e. The Morgan fingerprint density at radius 1 is 1.17 bits per heavy atom. The second kappa shape index (κ2) is 11.1. The van der Waals surface area contributed by atoms with Crippen molar-refractivity contribution in [2.45, 2.75) is 58.7 Å². The minimum Gasteiger partial charge on any atom is -0.354 e. The Kier molecular flexibility index (Phi) is 9.37. The predicted molar refractivity (Wildman–Crippen MR) is 101 cm³/mol. The molecule has 1 rings (SSSR count). The maximum atomic E-state index is 4.35. The third-order valence-electron chi connectivity index (χ3n) is 3.90. The van der Waals surface area contributed by atoms with Gasteiger partial charge in [0.15, 0.2) is 5.96 Å². The number of benzene rings is 1. The SMILES string of the molecule is CCCCCC(C)NC(=NC)NCc1ccccc1CN(C)C. The van der Waals surface area contributed by atoms with Gasteiger partial charge < -0.3 is 15.5 Å². The van der Waals surface area contributed by atoms with Gasteiger partial charge in [-0.3, -0.25) is 4.99 Å². The predicted octanol–water partition coefficient (Wildman–Crippen LogP) is 3.38. The van der Waals surface area contributed by atoms with E-state index < -0.39 is 0 Å². The first-order chi connectivity index (χ1) is 11.1. The van der Waals surface area contributed by atoms with Crippen LogP contribution in [0.5, 0.6) is 0 Å². The molecular formula is C19H34N4. The van der Waals surface area contributed by atoms with Gasteiger partial charge in [-0.05, 0) is 38.6 Å². The fraction of sp³-hybridized carbons (Fsp3) is 0.632. The normalized spacial score (nSPS) is 13.2. The van der Waals surface area contributed by atoms with Gasteiger partial charge in [-0.2, -0.15) is 0 Å². The third kappa shape index (κ3) is 8.03. The molecule has 0 radical (unpaired) electrons. The molecule has 0 aliphatic heterocycles. The van der Waals surface area contributed by atoms with Gasteiger partial charge in [-0.25, -0.2) is 0 Å². The molecule has 0 amide bonds. The Morgan fingerprint density at radius 3 is 2.48 bits per heavy atom. The number of guanidine groups is 1. The summed E-state index contributed by atoms with van der Waals surface area (Å²) >= 11 is 0. The van der Waals surface area contributed by atoms with E-state index in [-0.39, 0.29) is 0 Å². The summed E-state index contributed by atoms with van der Waals surface area (Å²) in [5.41, 5.74) is 2.68. The Morgan fingerprint density at radius 2 is 1.87 bits per heavy atom. The fourth-order valence-corrected chi connectivity index (χ4v) is 2.60. The van der Waals surface area contributed by atoms with E-state index in [4.69, 9.17) is 0 Å². The molecule has 0 saturated carbocycles. The van der Waals surface area contributed by atoms with Crippen LogP contribution in [0, 0.1) is 0 Å². The Bertz CT molecular complexity index is 468. The summed E-state index contributed by atoms with van der Waals surface area (Å²) in [6.07, 6.45) is 5.03. The largest absolute Gasteiger partial charge is 0.354 e. The van der Waals surface area contributed by atoms with E-state index in [9.17, 15) is 0 Å². The van der Waals surface area contributed by atoms with E-state index >= 15 is 0 Å². The lowest BCUT2D eigenvalue weighted by Crippen LogP contribution is -2.42. The minimum atomic E-state index is 0.449. The zero-order valence-electron chi connectivity index (χ0n) is 15.5. The molecule has 1 aromatic carbocycles. The lowest BCUT2D eigenvalue weighted by molar-refractivity contribution is 0.400. The molecule has 0 bridgehead atoms. The van der Waals surface area contributed by atoms with Gasteiger partial charge in [-0.15, -0.1) is 0 Å². The van der Waals surface area contributed by atoms with Crippen LogP contribution in [0.15, 0.2) is 29.3 Å². The molecule has 1 atom stereocenters. The number of rotatable bonds is 9. The van der Waals surface area contributed by atoms with Crippen LogP contribution in [-0.4, -0.2) is 38.0 Å². The van der Waals surface area contributed by atoms with Crippen molar-refractivity contribution in [2.75, 3.05) is 21.1 Å². The van der Waals surface area contributed by atoms with Crippen molar-refractivity contribution in [3.63, 3.8) is 0 Å². The molecule has 4 nitrogen and oxygen atoms in total. The Hall–Kier alpha value is -1.55. The number of nitrogens with zero attached hydrogens (tertiary/aromatic N) is 2. The van der Waals surface area contributed by atoms with Crippen LogP contribution in [0.3, 0.4) is 0 Å². The highest BCUT2D eigenvalue weighted by Crippen LogP contribution is 2.10. The molecule has 0 aliphatic rings. The van der Waals surface area contributed by atoms with Crippen molar-refractivity contribution in [1.82, 2.24) is 15.5 Å². The summed E-state index contributed by atoms with van der Waals surface area (Å²) in [5.74, 6) is 0.883. The average Bonchev–Trinajstić information content (AvgIpc) is 2.52. The summed E-state index contributed by atoms with van der Waals surface area (Å²) in [6, 6.07) is 9.03. The number of nitrogens with one attached hydrogen (secondary N) is 2. The highest BCUT2D eigenvalue weighted by molar-refractivity contribution is 5.79. The molecule has 130 valence electrons. The number of hydrogen-bond donors (Lipinski definition) is 2. The van der Waals surface area contributed by atoms with Crippen LogP contribution in [0.4, 0.5) is 0 Å². The van der Waals surface area contributed by atoms with Gasteiger partial charge in [0, 0.05) is 26.2 Å². The first-order valence-corrected chi connectivity index (χ1v) is 8.75. The van der Waals surface area contributed by atoms with E-state index in [0.29, 0.717) is 6.04 Å². The Balaban J connectivity index is 2.51. The van der Waals surface area contributed by atoms with Gasteiger partial charge in [0.05, 0.1) is 0 Å². The van der Waals surface area contributed by atoms with Gasteiger partial charge in [0.25, 0.3) is 0 Å². The summed E-state index contributed by atoms with van der Waals surface area (Å²) in [6.45, 7) is 6.22. The van der Waals surface area contributed by atoms with Crippen molar-refractivity contribution in [1.29, 1.82) is 0 Å². The smallest absolute Gasteiger partial charge is 0.191 e. The molecule has 0 spiro atoms. The number of hydrogen-bond acceptors (Lipinski definition) is 2. The zero-order valence-corrected chi connectivity index (χ0v) is 15.5. The monoisotopic (exact) mass is 318 g/mol. The first kappa shape index (κ1) is 19.5. The van der Waals surface area contributed by atoms with E-state index in [1.165, 1.54) is 36.8 Å². The topological polar surface area (TPSA) is 39.7 Å². The maximum absolute atomic E-state index is 4.35. The summed E-state index contributed by atoms with van der Waals surface area (Å²) in [5, 5.41) is 6.93. The molecule has 0 aromatic heterocycles. The minimum absolute atomic E-state index is 0.449. The highest BCUT2D eigenvalue weighted by Gasteiger charge is 2.07. The first-order valence-electron chi connectivity index (χ1n) is 8.75. The fourth-order valence-electron chi connectivity index (χ4n) is 2.60. The van der Waals surface area contributed by atoms with Crippen molar-refractivity contribution in [3.05, 3.63) is 35.4 Å². The van der Waals surface area contributed by atoms with Gasteiger partial charge >= 0.3 is 0 Å². The van der Waals surface area contributed by atoms with E-state index in [1.807, 2.05) is 7.05 Å².